The number of nitrogens with zero attached hydrogens (tertiary/aromatic N) is 1. The van der Waals surface area contributed by atoms with Crippen LogP contribution >= 0.6 is 0 Å². The first-order chi connectivity index (χ1) is 7.89. The van der Waals surface area contributed by atoms with Crippen LogP contribution in [0.2, 0.25) is 0 Å². The number of nitrogen functional groups attached to an aromatic ring is 1. The summed E-state index contributed by atoms with van der Waals surface area (Å²) in [5.74, 6) is -0.238. The highest BCUT2D eigenvalue weighted by molar-refractivity contribution is 5.91. The van der Waals surface area contributed by atoms with Gasteiger partial charge in [-0.05, 0) is 20.8 Å². The molecule has 6 nitrogen and oxygen atoms in total. The molecule has 0 atom stereocenters. The predicted molar refractivity (Wildman–Crippen MR) is 61.7 cm³/mol. The van der Waals surface area contributed by atoms with Gasteiger partial charge in [-0.25, -0.2) is 9.78 Å². The number of methoxy groups -OCH3 is 1. The van der Waals surface area contributed by atoms with Crippen molar-refractivity contribution in [2.45, 2.75) is 32.8 Å². The van der Waals surface area contributed by atoms with Gasteiger partial charge in [0, 0.05) is 7.11 Å². The van der Waals surface area contributed by atoms with Gasteiger partial charge in [-0.2, -0.15) is 0 Å². The Balaban J connectivity index is 2.85. The lowest BCUT2D eigenvalue weighted by atomic mass is 10.1. The van der Waals surface area contributed by atoms with Gasteiger partial charge < -0.3 is 19.6 Å². The standard InChI is InChI=1S/C11H18N2O4/c1-5-16-10(14)8-9(12)17-7(13-8)6-11(2,3)15-4/h5-6,12H2,1-4H3. The van der Waals surface area contributed by atoms with Gasteiger partial charge in [0.05, 0.1) is 18.6 Å². The number of hydrogen-bond donors (Lipinski definition) is 1. The summed E-state index contributed by atoms with van der Waals surface area (Å²) in [6.07, 6.45) is 0.424. The van der Waals surface area contributed by atoms with Gasteiger partial charge in [0.15, 0.2) is 0 Å². The third kappa shape index (κ3) is 3.45. The minimum Gasteiger partial charge on any atom is -0.461 e. The van der Waals surface area contributed by atoms with Crippen molar-refractivity contribution >= 4 is 11.9 Å². The van der Waals surface area contributed by atoms with Gasteiger partial charge in [0.25, 0.3) is 0 Å². The van der Waals surface area contributed by atoms with Crippen LogP contribution in [0.25, 0.3) is 0 Å². The Morgan fingerprint density at radius 3 is 2.71 bits per heavy atom. The molecule has 17 heavy (non-hydrogen) atoms. The number of carbonyl (C=O) groups excluding carboxylic acids is 1. The molecule has 0 fully saturated rings. The number of carbonyl (C=O) groups is 1. The monoisotopic (exact) mass is 242 g/mol. The van der Waals surface area contributed by atoms with Crippen LogP contribution in [0.3, 0.4) is 0 Å². The van der Waals surface area contributed by atoms with Crippen LogP contribution in [0.5, 0.6) is 0 Å². The average Bonchev–Trinajstić information content (AvgIpc) is 2.59. The highest BCUT2D eigenvalue weighted by Gasteiger charge is 2.24. The number of oxazole rings is 1. The number of rotatable bonds is 5. The summed E-state index contributed by atoms with van der Waals surface area (Å²) in [6.45, 7) is 5.75. The van der Waals surface area contributed by atoms with Gasteiger partial charge >= 0.3 is 5.97 Å². The maximum absolute atomic E-state index is 11.5. The molecule has 1 heterocycles. The van der Waals surface area contributed by atoms with Crippen molar-refractivity contribution in [3.8, 4) is 0 Å². The molecule has 0 aromatic carbocycles. The molecule has 0 radical (unpaired) electrons. The summed E-state index contributed by atoms with van der Waals surface area (Å²) in [5.41, 5.74) is 5.16. The Morgan fingerprint density at radius 1 is 1.53 bits per heavy atom. The molecule has 1 aromatic rings. The second-order valence-corrected chi connectivity index (χ2v) is 4.18. The van der Waals surface area contributed by atoms with E-state index in [1.165, 1.54) is 0 Å². The van der Waals surface area contributed by atoms with E-state index in [1.807, 2.05) is 13.8 Å². The van der Waals surface area contributed by atoms with E-state index in [9.17, 15) is 4.79 Å². The first kappa shape index (κ1) is 13.5. The molecule has 0 bridgehead atoms. The summed E-state index contributed by atoms with van der Waals surface area (Å²) in [7, 11) is 1.60. The zero-order valence-electron chi connectivity index (χ0n) is 10.6. The summed E-state index contributed by atoms with van der Waals surface area (Å²) >= 11 is 0. The van der Waals surface area contributed by atoms with Crippen molar-refractivity contribution in [1.82, 2.24) is 4.98 Å². The second kappa shape index (κ2) is 5.18. The van der Waals surface area contributed by atoms with Crippen molar-refractivity contribution in [1.29, 1.82) is 0 Å². The van der Waals surface area contributed by atoms with E-state index in [0.29, 0.717) is 12.3 Å². The van der Waals surface area contributed by atoms with E-state index < -0.39 is 11.6 Å². The fourth-order valence-corrected chi connectivity index (χ4v) is 1.24. The smallest absolute Gasteiger partial charge is 0.362 e. The third-order valence-electron chi connectivity index (χ3n) is 2.30. The van der Waals surface area contributed by atoms with Gasteiger partial charge in [-0.15, -0.1) is 0 Å². The predicted octanol–water partition coefficient (Wildman–Crippen LogP) is 1.40. The molecule has 2 N–H and O–H groups in total. The summed E-state index contributed by atoms with van der Waals surface area (Å²) in [4.78, 5) is 15.5. The van der Waals surface area contributed by atoms with Crippen LogP contribution in [0, 0.1) is 0 Å². The van der Waals surface area contributed by atoms with E-state index in [0.717, 1.165) is 0 Å². The molecule has 0 aliphatic rings. The average molecular weight is 242 g/mol. The lowest BCUT2D eigenvalue weighted by Gasteiger charge is -2.20. The largest absolute Gasteiger partial charge is 0.461 e. The molecule has 0 spiro atoms. The summed E-state index contributed by atoms with van der Waals surface area (Å²) in [5, 5.41) is 0. The molecule has 1 aromatic heterocycles. The molecule has 96 valence electrons. The first-order valence-electron chi connectivity index (χ1n) is 5.37. The molecule has 0 aliphatic heterocycles. The van der Waals surface area contributed by atoms with Crippen molar-refractivity contribution < 1.29 is 18.7 Å². The maximum Gasteiger partial charge on any atom is 0.362 e. The van der Waals surface area contributed by atoms with Crippen LogP contribution in [-0.4, -0.2) is 30.3 Å². The lowest BCUT2D eigenvalue weighted by Crippen LogP contribution is -2.25. The van der Waals surface area contributed by atoms with E-state index in [1.54, 1.807) is 14.0 Å². The number of anilines is 1. The fraction of sp³-hybridized carbons (Fsp3) is 0.636. The first-order valence-corrected chi connectivity index (χ1v) is 5.37. The molecule has 0 unspecified atom stereocenters. The summed E-state index contributed by atoms with van der Waals surface area (Å²) in [6, 6.07) is 0. The van der Waals surface area contributed by atoms with Crippen molar-refractivity contribution in [3.05, 3.63) is 11.6 Å². The highest BCUT2D eigenvalue weighted by atomic mass is 16.5. The number of aromatic nitrogens is 1. The number of ether oxygens (including phenoxy) is 2. The van der Waals surface area contributed by atoms with E-state index in [4.69, 9.17) is 19.6 Å². The van der Waals surface area contributed by atoms with Gasteiger partial charge in [-0.3, -0.25) is 0 Å². The van der Waals surface area contributed by atoms with Crippen LogP contribution in [-0.2, 0) is 15.9 Å². The lowest BCUT2D eigenvalue weighted by molar-refractivity contribution is 0.0182. The Kier molecular flexibility index (Phi) is 4.11. The van der Waals surface area contributed by atoms with E-state index in [2.05, 4.69) is 4.98 Å². The fourth-order valence-electron chi connectivity index (χ4n) is 1.24. The van der Waals surface area contributed by atoms with E-state index in [-0.39, 0.29) is 18.2 Å². The summed E-state index contributed by atoms with van der Waals surface area (Å²) < 4.78 is 15.3. The van der Waals surface area contributed by atoms with Crippen LogP contribution in [0.4, 0.5) is 5.88 Å². The van der Waals surface area contributed by atoms with Gasteiger partial charge in [0.2, 0.25) is 17.5 Å². The minimum atomic E-state index is -0.574. The Bertz CT molecular complexity index is 398. The maximum atomic E-state index is 11.5. The topological polar surface area (TPSA) is 87.6 Å². The SMILES string of the molecule is CCOC(=O)c1nc(CC(C)(C)OC)oc1N. The Labute approximate surface area is 100 Å². The van der Waals surface area contributed by atoms with Crippen LogP contribution in [0.15, 0.2) is 4.42 Å². The zero-order chi connectivity index (χ0) is 13.1. The Morgan fingerprint density at radius 2 is 2.18 bits per heavy atom. The second-order valence-electron chi connectivity index (χ2n) is 4.18. The molecule has 0 amide bonds. The van der Waals surface area contributed by atoms with Crippen molar-refractivity contribution in [2.75, 3.05) is 19.5 Å². The zero-order valence-corrected chi connectivity index (χ0v) is 10.6. The minimum absolute atomic E-state index is 0.0220. The van der Waals surface area contributed by atoms with Gasteiger partial charge in [0.1, 0.15) is 0 Å². The van der Waals surface area contributed by atoms with Gasteiger partial charge in [-0.1, -0.05) is 0 Å². The van der Waals surface area contributed by atoms with E-state index >= 15 is 0 Å². The number of hydrogen-bond acceptors (Lipinski definition) is 6. The molecule has 6 heteroatoms. The third-order valence-corrected chi connectivity index (χ3v) is 2.30. The normalized spacial score (nSPS) is 11.5. The van der Waals surface area contributed by atoms with Crippen molar-refractivity contribution in [2.24, 2.45) is 0 Å². The molecular weight excluding hydrogens is 224 g/mol. The van der Waals surface area contributed by atoms with Crippen LogP contribution < -0.4 is 5.73 Å². The highest BCUT2D eigenvalue weighted by Crippen LogP contribution is 2.20. The molecular formula is C11H18N2O4. The Hall–Kier alpha value is -1.56. The quantitative estimate of drug-likeness (QED) is 0.785. The molecule has 1 rings (SSSR count). The molecule has 0 saturated carbocycles. The number of esters is 1. The molecule has 0 saturated heterocycles. The van der Waals surface area contributed by atoms with Crippen LogP contribution in [0.1, 0.15) is 37.2 Å². The molecule has 0 aliphatic carbocycles. The number of nitrogens with two attached hydrogens (primary N) is 1. The van der Waals surface area contributed by atoms with Crippen molar-refractivity contribution in [3.63, 3.8) is 0 Å².